The van der Waals surface area contributed by atoms with Crippen LogP contribution in [-0.2, 0) is 10.0 Å². The fourth-order valence-corrected chi connectivity index (χ4v) is 4.24. The Morgan fingerprint density at radius 2 is 2.00 bits per heavy atom. The molecule has 1 aliphatic rings. The summed E-state index contributed by atoms with van der Waals surface area (Å²) in [5, 5.41) is 0.680. The van der Waals surface area contributed by atoms with Gasteiger partial charge in [0.25, 0.3) is 15.9 Å². The van der Waals surface area contributed by atoms with Gasteiger partial charge in [-0.1, -0.05) is 41.4 Å². The van der Waals surface area contributed by atoms with Gasteiger partial charge in [-0.05, 0) is 18.1 Å². The molecular formula is C12H14BrNO3S. The monoisotopic (exact) mass is 331 g/mol. The lowest BCUT2D eigenvalue weighted by Crippen LogP contribution is -2.35. The van der Waals surface area contributed by atoms with Gasteiger partial charge < -0.3 is 0 Å². The lowest BCUT2D eigenvalue weighted by Gasteiger charge is -2.20. The van der Waals surface area contributed by atoms with Crippen molar-refractivity contribution in [2.24, 2.45) is 5.92 Å². The highest BCUT2D eigenvalue weighted by molar-refractivity contribution is 9.09. The third kappa shape index (κ3) is 2.07. The van der Waals surface area contributed by atoms with E-state index in [2.05, 4.69) is 15.9 Å². The third-order valence-corrected chi connectivity index (χ3v) is 5.85. The van der Waals surface area contributed by atoms with E-state index in [4.69, 9.17) is 0 Å². The van der Waals surface area contributed by atoms with Crippen molar-refractivity contribution >= 4 is 31.9 Å². The molecule has 0 aromatic heterocycles. The Labute approximate surface area is 115 Å². The highest BCUT2D eigenvalue weighted by Crippen LogP contribution is 2.31. The zero-order chi connectivity index (χ0) is 13.3. The highest BCUT2D eigenvalue weighted by atomic mass is 79.9. The molecule has 98 valence electrons. The molecule has 1 aliphatic heterocycles. The SMILES string of the molecule is CCC(CBr)CN1C(=O)c2ccccc2S1(=O)=O. The molecule has 0 aliphatic carbocycles. The molecule has 1 aromatic rings. The maximum absolute atomic E-state index is 12.3. The van der Waals surface area contributed by atoms with Crippen LogP contribution in [0.25, 0.3) is 0 Å². The number of hydrogen-bond donors (Lipinski definition) is 0. The number of carbonyl (C=O) groups is 1. The molecule has 1 atom stereocenters. The van der Waals surface area contributed by atoms with E-state index in [1.54, 1.807) is 18.2 Å². The maximum Gasteiger partial charge on any atom is 0.269 e. The van der Waals surface area contributed by atoms with E-state index in [1.165, 1.54) is 6.07 Å². The van der Waals surface area contributed by atoms with Gasteiger partial charge in [0.05, 0.1) is 5.56 Å². The fourth-order valence-electron chi connectivity index (χ4n) is 1.93. The summed E-state index contributed by atoms with van der Waals surface area (Å²) in [6, 6.07) is 6.36. The van der Waals surface area contributed by atoms with E-state index in [0.717, 1.165) is 10.7 Å². The zero-order valence-electron chi connectivity index (χ0n) is 9.97. The summed E-state index contributed by atoms with van der Waals surface area (Å²) in [7, 11) is -3.65. The number of fused-ring (bicyclic) bond motifs is 1. The zero-order valence-corrected chi connectivity index (χ0v) is 12.4. The molecule has 1 amide bonds. The van der Waals surface area contributed by atoms with Gasteiger partial charge in [-0.2, -0.15) is 0 Å². The summed E-state index contributed by atoms with van der Waals surface area (Å²) >= 11 is 3.34. The second-order valence-corrected chi connectivity index (χ2v) is 6.74. The molecule has 0 bridgehead atoms. The average Bonchev–Trinajstić information content (AvgIpc) is 2.57. The van der Waals surface area contributed by atoms with Crippen LogP contribution >= 0.6 is 15.9 Å². The Morgan fingerprint density at radius 1 is 1.33 bits per heavy atom. The van der Waals surface area contributed by atoms with Crippen molar-refractivity contribution in [2.45, 2.75) is 18.2 Å². The molecule has 2 rings (SSSR count). The smallest absolute Gasteiger partial charge is 0.268 e. The van der Waals surface area contributed by atoms with E-state index in [-0.39, 0.29) is 22.9 Å². The van der Waals surface area contributed by atoms with Gasteiger partial charge in [-0.3, -0.25) is 4.79 Å². The van der Waals surface area contributed by atoms with Crippen LogP contribution in [0, 0.1) is 5.92 Å². The van der Waals surface area contributed by atoms with Crippen molar-refractivity contribution in [3.63, 3.8) is 0 Å². The van der Waals surface area contributed by atoms with Gasteiger partial charge in [0.2, 0.25) is 0 Å². The van der Waals surface area contributed by atoms with Crippen LogP contribution in [0.15, 0.2) is 29.2 Å². The predicted molar refractivity (Wildman–Crippen MR) is 72.2 cm³/mol. The molecule has 4 nitrogen and oxygen atoms in total. The van der Waals surface area contributed by atoms with Gasteiger partial charge in [0, 0.05) is 11.9 Å². The number of benzene rings is 1. The van der Waals surface area contributed by atoms with Crippen molar-refractivity contribution in [2.75, 3.05) is 11.9 Å². The molecule has 0 saturated carbocycles. The summed E-state index contributed by atoms with van der Waals surface area (Å²) in [6.07, 6.45) is 0.820. The Balaban J connectivity index is 2.39. The molecule has 0 radical (unpaired) electrons. The van der Waals surface area contributed by atoms with Crippen LogP contribution in [0.3, 0.4) is 0 Å². The second kappa shape index (κ2) is 5.01. The van der Waals surface area contributed by atoms with E-state index in [9.17, 15) is 13.2 Å². The molecule has 18 heavy (non-hydrogen) atoms. The van der Waals surface area contributed by atoms with Crippen LogP contribution < -0.4 is 0 Å². The molecule has 0 fully saturated rings. The standard InChI is InChI=1S/C12H14BrNO3S/c1-2-9(7-13)8-14-12(15)10-5-3-4-6-11(10)18(14,16)17/h3-6,9H,2,7-8H2,1H3. The topological polar surface area (TPSA) is 54.5 Å². The lowest BCUT2D eigenvalue weighted by molar-refractivity contribution is 0.0859. The summed E-state index contributed by atoms with van der Waals surface area (Å²) in [5.41, 5.74) is 0.280. The molecule has 1 unspecified atom stereocenters. The van der Waals surface area contributed by atoms with E-state index in [0.29, 0.717) is 5.33 Å². The van der Waals surface area contributed by atoms with E-state index >= 15 is 0 Å². The number of nitrogens with zero attached hydrogens (tertiary/aromatic N) is 1. The normalized spacial score (nSPS) is 18.8. The summed E-state index contributed by atoms with van der Waals surface area (Å²) in [4.78, 5) is 12.2. The molecule has 0 N–H and O–H groups in total. The minimum atomic E-state index is -3.65. The molecule has 0 spiro atoms. The molecule has 1 aromatic carbocycles. The quantitative estimate of drug-likeness (QED) is 0.795. The van der Waals surface area contributed by atoms with Crippen LogP contribution in [0.1, 0.15) is 23.7 Å². The minimum absolute atomic E-state index is 0.124. The number of alkyl halides is 1. The number of rotatable bonds is 4. The first kappa shape index (κ1) is 13.5. The van der Waals surface area contributed by atoms with Crippen molar-refractivity contribution in [3.8, 4) is 0 Å². The van der Waals surface area contributed by atoms with E-state index in [1.807, 2.05) is 6.92 Å². The number of sulfonamides is 1. The first-order valence-corrected chi connectivity index (χ1v) is 8.30. The Bertz CT molecular complexity index is 566. The summed E-state index contributed by atoms with van der Waals surface area (Å²) in [5.74, 6) is -0.275. The van der Waals surface area contributed by atoms with Crippen molar-refractivity contribution < 1.29 is 13.2 Å². The van der Waals surface area contributed by atoms with Crippen LogP contribution in [0.4, 0.5) is 0 Å². The largest absolute Gasteiger partial charge is 0.269 e. The average molecular weight is 332 g/mol. The highest BCUT2D eigenvalue weighted by Gasteiger charge is 2.41. The Morgan fingerprint density at radius 3 is 2.56 bits per heavy atom. The summed E-state index contributed by atoms with van der Waals surface area (Å²) in [6.45, 7) is 2.21. The molecule has 6 heteroatoms. The van der Waals surface area contributed by atoms with Crippen LogP contribution in [-0.4, -0.2) is 30.5 Å². The second-order valence-electron chi connectivity index (χ2n) is 4.27. The Kier molecular flexibility index (Phi) is 3.77. The fraction of sp³-hybridized carbons (Fsp3) is 0.417. The lowest BCUT2D eigenvalue weighted by atomic mass is 10.1. The van der Waals surface area contributed by atoms with Crippen molar-refractivity contribution in [1.82, 2.24) is 4.31 Å². The molecule has 1 heterocycles. The summed E-state index contributed by atoms with van der Waals surface area (Å²) < 4.78 is 25.5. The third-order valence-electron chi connectivity index (χ3n) is 3.13. The number of halogens is 1. The minimum Gasteiger partial charge on any atom is -0.268 e. The van der Waals surface area contributed by atoms with Gasteiger partial charge in [-0.25, -0.2) is 12.7 Å². The van der Waals surface area contributed by atoms with Gasteiger partial charge in [0.1, 0.15) is 4.90 Å². The van der Waals surface area contributed by atoms with Gasteiger partial charge in [0.15, 0.2) is 0 Å². The number of amides is 1. The van der Waals surface area contributed by atoms with Gasteiger partial charge in [-0.15, -0.1) is 0 Å². The van der Waals surface area contributed by atoms with Crippen LogP contribution in [0.5, 0.6) is 0 Å². The molecular weight excluding hydrogens is 318 g/mol. The van der Waals surface area contributed by atoms with Crippen LogP contribution in [0.2, 0.25) is 0 Å². The molecule has 0 saturated heterocycles. The maximum atomic E-state index is 12.3. The van der Waals surface area contributed by atoms with Gasteiger partial charge >= 0.3 is 0 Å². The van der Waals surface area contributed by atoms with E-state index < -0.39 is 15.9 Å². The first-order chi connectivity index (χ1) is 8.52. The first-order valence-electron chi connectivity index (χ1n) is 5.74. The number of hydrogen-bond acceptors (Lipinski definition) is 3. The van der Waals surface area contributed by atoms with Crippen molar-refractivity contribution in [1.29, 1.82) is 0 Å². The van der Waals surface area contributed by atoms with Crippen molar-refractivity contribution in [3.05, 3.63) is 29.8 Å². The predicted octanol–water partition coefficient (Wildman–Crippen LogP) is 2.25. The number of carbonyl (C=O) groups excluding carboxylic acids is 1. The Hall–Kier alpha value is -0.880.